The number of nitrogens with zero attached hydrogens (tertiary/aromatic N) is 4. The quantitative estimate of drug-likeness (QED) is 0.407. The molecule has 0 aliphatic heterocycles. The Labute approximate surface area is 187 Å². The second-order valence-electron chi connectivity index (χ2n) is 6.76. The summed E-state index contributed by atoms with van der Waals surface area (Å²) >= 11 is 1.16. The van der Waals surface area contributed by atoms with E-state index in [4.69, 9.17) is 4.74 Å². The van der Waals surface area contributed by atoms with Gasteiger partial charge in [0.15, 0.2) is 5.82 Å². The largest absolute Gasteiger partial charge is 0.497 e. The number of nitrogens with one attached hydrogen (secondary N) is 1. The van der Waals surface area contributed by atoms with Crippen molar-refractivity contribution in [3.05, 3.63) is 90.0 Å². The lowest BCUT2D eigenvalue weighted by atomic mass is 10.1. The van der Waals surface area contributed by atoms with Crippen molar-refractivity contribution in [1.29, 1.82) is 0 Å². The number of rotatable bonds is 8. The maximum Gasteiger partial charge on any atom is 0.234 e. The van der Waals surface area contributed by atoms with Crippen molar-refractivity contribution in [2.75, 3.05) is 18.2 Å². The maximum absolute atomic E-state index is 13.8. The summed E-state index contributed by atoms with van der Waals surface area (Å²) in [6, 6.07) is 14.4. The summed E-state index contributed by atoms with van der Waals surface area (Å²) in [5.41, 5.74) is 0.941. The van der Waals surface area contributed by atoms with Gasteiger partial charge in [-0.25, -0.2) is 13.5 Å². The summed E-state index contributed by atoms with van der Waals surface area (Å²) in [4.78, 5) is 12.3. The Morgan fingerprint density at radius 2 is 1.84 bits per heavy atom. The molecule has 7 nitrogen and oxygen atoms in total. The van der Waals surface area contributed by atoms with Crippen LogP contribution in [-0.4, -0.2) is 38.3 Å². The monoisotopic (exact) mass is 455 g/mol. The first kappa shape index (κ1) is 21.6. The number of benzene rings is 2. The lowest BCUT2D eigenvalue weighted by Crippen LogP contribution is -2.17. The van der Waals surface area contributed by atoms with Crippen molar-refractivity contribution in [3.8, 4) is 5.75 Å². The molecule has 4 rings (SSSR count). The van der Waals surface area contributed by atoms with E-state index in [1.807, 2.05) is 53.5 Å². The fourth-order valence-electron chi connectivity index (χ4n) is 3.02. The molecule has 0 unspecified atom stereocenters. The molecule has 0 spiro atoms. The lowest BCUT2D eigenvalue weighted by Gasteiger charge is -2.11. The van der Waals surface area contributed by atoms with E-state index in [1.165, 1.54) is 6.07 Å². The predicted molar refractivity (Wildman–Crippen MR) is 117 cm³/mol. The van der Waals surface area contributed by atoms with Crippen LogP contribution in [0.15, 0.2) is 72.1 Å². The van der Waals surface area contributed by atoms with Gasteiger partial charge in [-0.15, -0.1) is 10.2 Å². The fourth-order valence-corrected chi connectivity index (χ4v) is 3.77. The van der Waals surface area contributed by atoms with Crippen LogP contribution in [0.5, 0.6) is 5.75 Å². The molecule has 0 aliphatic carbocycles. The lowest BCUT2D eigenvalue weighted by molar-refractivity contribution is -0.113. The zero-order chi connectivity index (χ0) is 22.5. The second-order valence-corrected chi connectivity index (χ2v) is 7.70. The zero-order valence-electron chi connectivity index (χ0n) is 17.0. The molecule has 4 aromatic rings. The molecule has 0 aliphatic rings. The number of thioether (sulfide) groups is 1. The van der Waals surface area contributed by atoms with Gasteiger partial charge in [-0.1, -0.05) is 23.9 Å². The van der Waals surface area contributed by atoms with Crippen LogP contribution in [0.4, 0.5) is 14.5 Å². The number of carbonyl (C=O) groups excluding carboxylic acids is 1. The van der Waals surface area contributed by atoms with E-state index in [0.29, 0.717) is 17.4 Å². The third kappa shape index (κ3) is 4.97. The second kappa shape index (κ2) is 9.65. The van der Waals surface area contributed by atoms with Crippen molar-refractivity contribution in [2.45, 2.75) is 11.6 Å². The number of anilines is 1. The van der Waals surface area contributed by atoms with Crippen LogP contribution in [0.1, 0.15) is 11.4 Å². The first-order valence-corrected chi connectivity index (χ1v) is 10.6. The highest BCUT2D eigenvalue weighted by Crippen LogP contribution is 2.21. The van der Waals surface area contributed by atoms with Crippen LogP contribution in [0.3, 0.4) is 0 Å². The highest BCUT2D eigenvalue weighted by molar-refractivity contribution is 7.99. The minimum absolute atomic E-state index is 0.0290. The van der Waals surface area contributed by atoms with Gasteiger partial charge in [0.2, 0.25) is 11.1 Å². The van der Waals surface area contributed by atoms with Gasteiger partial charge in [0, 0.05) is 24.9 Å². The number of carbonyl (C=O) groups is 1. The van der Waals surface area contributed by atoms with E-state index < -0.39 is 17.5 Å². The predicted octanol–water partition coefficient (Wildman–Crippen LogP) is 4.00. The van der Waals surface area contributed by atoms with Crippen LogP contribution < -0.4 is 10.1 Å². The molecule has 2 aromatic heterocycles. The SMILES string of the molecule is COc1ccc(Cc2nnc(SCC(=O)Nc3ccc(F)cc3F)n2-n2cccc2)cc1. The van der Waals surface area contributed by atoms with Crippen molar-refractivity contribution in [3.63, 3.8) is 0 Å². The summed E-state index contributed by atoms with van der Waals surface area (Å²) in [5, 5.41) is 11.5. The molecule has 1 N–H and O–H groups in total. The summed E-state index contributed by atoms with van der Waals surface area (Å²) in [7, 11) is 1.61. The van der Waals surface area contributed by atoms with Gasteiger partial charge in [0.05, 0.1) is 18.6 Å². The van der Waals surface area contributed by atoms with Gasteiger partial charge in [-0.2, -0.15) is 0 Å². The van der Waals surface area contributed by atoms with E-state index in [-0.39, 0.29) is 11.4 Å². The van der Waals surface area contributed by atoms with Crippen molar-refractivity contribution >= 4 is 23.4 Å². The number of halogens is 2. The molecule has 32 heavy (non-hydrogen) atoms. The van der Waals surface area contributed by atoms with E-state index in [9.17, 15) is 13.6 Å². The maximum atomic E-state index is 13.8. The third-order valence-corrected chi connectivity index (χ3v) is 5.47. The minimum Gasteiger partial charge on any atom is -0.497 e. The molecule has 0 saturated heterocycles. The molecule has 0 fully saturated rings. The Hall–Kier alpha value is -3.66. The van der Waals surface area contributed by atoms with Crippen molar-refractivity contribution in [1.82, 2.24) is 19.5 Å². The molecule has 0 saturated carbocycles. The smallest absolute Gasteiger partial charge is 0.234 e. The Morgan fingerprint density at radius 3 is 2.53 bits per heavy atom. The van der Waals surface area contributed by atoms with Crippen LogP contribution in [0.25, 0.3) is 0 Å². The van der Waals surface area contributed by atoms with Gasteiger partial charge < -0.3 is 10.1 Å². The van der Waals surface area contributed by atoms with E-state index in [0.717, 1.165) is 35.2 Å². The molecule has 0 bridgehead atoms. The summed E-state index contributed by atoms with van der Waals surface area (Å²) in [6.07, 6.45) is 4.21. The number of amides is 1. The highest BCUT2D eigenvalue weighted by atomic mass is 32.2. The number of ether oxygens (including phenoxy) is 1. The van der Waals surface area contributed by atoms with Gasteiger partial charge in [0.25, 0.3) is 0 Å². The molecule has 0 radical (unpaired) electrons. The van der Waals surface area contributed by atoms with Crippen LogP contribution >= 0.6 is 11.8 Å². The average Bonchev–Trinajstić information content (AvgIpc) is 3.44. The van der Waals surface area contributed by atoms with Gasteiger partial charge in [0.1, 0.15) is 17.4 Å². The Balaban J connectivity index is 1.50. The van der Waals surface area contributed by atoms with Crippen molar-refractivity contribution < 1.29 is 18.3 Å². The topological polar surface area (TPSA) is 74.0 Å². The fraction of sp³-hybridized carbons (Fsp3) is 0.136. The molecule has 2 aromatic carbocycles. The van der Waals surface area contributed by atoms with Crippen LogP contribution in [0, 0.1) is 11.6 Å². The Morgan fingerprint density at radius 1 is 1.09 bits per heavy atom. The third-order valence-electron chi connectivity index (χ3n) is 4.56. The number of aromatic nitrogens is 4. The molecule has 2 heterocycles. The summed E-state index contributed by atoms with van der Waals surface area (Å²) in [5.74, 6) is -0.572. The van der Waals surface area contributed by atoms with Gasteiger partial charge in [-0.3, -0.25) is 9.47 Å². The number of hydrogen-bond donors (Lipinski definition) is 1. The van der Waals surface area contributed by atoms with Crippen LogP contribution in [-0.2, 0) is 11.2 Å². The summed E-state index contributed by atoms with van der Waals surface area (Å²) in [6.45, 7) is 0. The molecule has 0 atom stereocenters. The van der Waals surface area contributed by atoms with E-state index >= 15 is 0 Å². The average molecular weight is 455 g/mol. The van der Waals surface area contributed by atoms with Gasteiger partial charge >= 0.3 is 0 Å². The number of hydrogen-bond acceptors (Lipinski definition) is 5. The molecule has 10 heteroatoms. The molecular formula is C22H19F2N5O2S. The van der Waals surface area contributed by atoms with Gasteiger partial charge in [-0.05, 0) is 42.0 Å². The normalized spacial score (nSPS) is 10.8. The van der Waals surface area contributed by atoms with E-state index in [1.54, 1.807) is 11.8 Å². The van der Waals surface area contributed by atoms with E-state index in [2.05, 4.69) is 15.5 Å². The molecule has 1 amide bonds. The van der Waals surface area contributed by atoms with Crippen molar-refractivity contribution in [2.24, 2.45) is 0 Å². The Bertz CT molecular complexity index is 1210. The summed E-state index contributed by atoms with van der Waals surface area (Å²) < 4.78 is 35.6. The number of methoxy groups -OCH3 is 1. The zero-order valence-corrected chi connectivity index (χ0v) is 17.9. The standard InChI is InChI=1S/C22H19F2N5O2S/c1-31-17-7-4-15(5-8-17)12-20-26-27-22(29(20)28-10-2-3-11-28)32-14-21(30)25-19-9-6-16(23)13-18(19)24/h2-11,13H,12,14H2,1H3,(H,25,30). The first-order chi connectivity index (χ1) is 15.5. The minimum atomic E-state index is -0.833. The Kier molecular flexibility index (Phi) is 6.50. The molecular weight excluding hydrogens is 436 g/mol. The highest BCUT2D eigenvalue weighted by Gasteiger charge is 2.17. The molecule has 164 valence electrons. The first-order valence-electron chi connectivity index (χ1n) is 9.62. The van der Waals surface area contributed by atoms with Crippen LogP contribution in [0.2, 0.25) is 0 Å².